The highest BCUT2D eigenvalue weighted by Gasteiger charge is 2.28. The highest BCUT2D eigenvalue weighted by molar-refractivity contribution is 5.37. The van der Waals surface area contributed by atoms with Crippen molar-refractivity contribution in [3.8, 4) is 5.88 Å². The van der Waals surface area contributed by atoms with Gasteiger partial charge in [-0.2, -0.15) is 4.98 Å². The summed E-state index contributed by atoms with van der Waals surface area (Å²) in [6.07, 6.45) is 2.48. The summed E-state index contributed by atoms with van der Waals surface area (Å²) in [4.78, 5) is 6.85. The molecule has 2 heterocycles. The number of nitrogens with one attached hydrogen (secondary N) is 1. The predicted octanol–water partition coefficient (Wildman–Crippen LogP) is 2.62. The molecule has 1 aromatic heterocycles. The fraction of sp³-hybridized carbons (Fsp3) is 0.667. The molecule has 0 amide bonds. The van der Waals surface area contributed by atoms with Gasteiger partial charge in [0.05, 0.1) is 6.61 Å². The van der Waals surface area contributed by atoms with Gasteiger partial charge in [-0.05, 0) is 51.4 Å². The van der Waals surface area contributed by atoms with E-state index in [0.29, 0.717) is 17.9 Å². The Bertz CT molecular complexity index is 400. The second-order valence-corrected chi connectivity index (χ2v) is 5.76. The van der Waals surface area contributed by atoms with Crippen LogP contribution in [0.25, 0.3) is 0 Å². The van der Waals surface area contributed by atoms with Gasteiger partial charge in [0.2, 0.25) is 5.88 Å². The second kappa shape index (κ2) is 6.24. The molecule has 0 aliphatic carbocycles. The van der Waals surface area contributed by atoms with Crippen LogP contribution in [0, 0.1) is 5.41 Å². The van der Waals surface area contributed by atoms with Gasteiger partial charge in [0.1, 0.15) is 5.82 Å². The van der Waals surface area contributed by atoms with Gasteiger partial charge in [-0.15, -0.1) is 0 Å². The third-order valence-corrected chi connectivity index (χ3v) is 3.91. The second-order valence-electron chi connectivity index (χ2n) is 5.76. The van der Waals surface area contributed by atoms with E-state index in [1.165, 1.54) is 25.9 Å². The molecule has 1 N–H and O–H groups in total. The Morgan fingerprint density at radius 2 is 2.11 bits per heavy atom. The lowest BCUT2D eigenvalue weighted by Crippen LogP contribution is -2.40. The topological polar surface area (TPSA) is 37.4 Å². The van der Waals surface area contributed by atoms with E-state index in [9.17, 15) is 0 Å². The number of pyridine rings is 1. The number of piperidine rings is 1. The maximum Gasteiger partial charge on any atom is 0.215 e. The van der Waals surface area contributed by atoms with E-state index in [2.05, 4.69) is 29.2 Å². The fourth-order valence-corrected chi connectivity index (χ4v) is 2.38. The maximum absolute atomic E-state index is 5.42. The van der Waals surface area contributed by atoms with Crippen molar-refractivity contribution in [2.24, 2.45) is 5.41 Å². The summed E-state index contributed by atoms with van der Waals surface area (Å²) in [5.41, 5.74) is 0.371. The Labute approximate surface area is 116 Å². The first kappa shape index (κ1) is 14.1. The molecule has 0 aromatic carbocycles. The van der Waals surface area contributed by atoms with Crippen molar-refractivity contribution in [3.63, 3.8) is 0 Å². The Balaban J connectivity index is 1.89. The standard InChI is InChI=1S/C15H25N3O/c1-4-19-14-7-5-6-13(17-14)16-12-15(2)8-10-18(3)11-9-15/h5-7H,4,8-12H2,1-3H3,(H,16,17). The smallest absolute Gasteiger partial charge is 0.215 e. The molecule has 4 heteroatoms. The summed E-state index contributed by atoms with van der Waals surface area (Å²) in [5.74, 6) is 1.60. The van der Waals surface area contributed by atoms with Crippen LogP contribution in [0.3, 0.4) is 0 Å². The zero-order valence-electron chi connectivity index (χ0n) is 12.3. The monoisotopic (exact) mass is 263 g/mol. The average Bonchev–Trinajstić information content (AvgIpc) is 2.41. The molecule has 1 fully saturated rings. The molecule has 1 saturated heterocycles. The number of rotatable bonds is 5. The molecule has 2 rings (SSSR count). The summed E-state index contributed by atoms with van der Waals surface area (Å²) in [6.45, 7) is 8.33. The summed E-state index contributed by atoms with van der Waals surface area (Å²) < 4.78 is 5.42. The van der Waals surface area contributed by atoms with Crippen LogP contribution in [0.5, 0.6) is 5.88 Å². The zero-order chi connectivity index (χ0) is 13.7. The largest absolute Gasteiger partial charge is 0.478 e. The van der Waals surface area contributed by atoms with E-state index < -0.39 is 0 Å². The van der Waals surface area contributed by atoms with Gasteiger partial charge in [-0.25, -0.2) is 0 Å². The molecule has 0 radical (unpaired) electrons. The van der Waals surface area contributed by atoms with Crippen molar-refractivity contribution in [3.05, 3.63) is 18.2 Å². The molecule has 0 unspecified atom stereocenters. The highest BCUT2D eigenvalue weighted by atomic mass is 16.5. The maximum atomic E-state index is 5.42. The van der Waals surface area contributed by atoms with E-state index in [-0.39, 0.29) is 0 Å². The van der Waals surface area contributed by atoms with Crippen LogP contribution >= 0.6 is 0 Å². The van der Waals surface area contributed by atoms with Crippen LogP contribution in [-0.2, 0) is 0 Å². The molecule has 0 bridgehead atoms. The van der Waals surface area contributed by atoms with Crippen molar-refractivity contribution in [2.45, 2.75) is 26.7 Å². The number of nitrogens with zero attached hydrogens (tertiary/aromatic N) is 2. The van der Waals surface area contributed by atoms with E-state index >= 15 is 0 Å². The summed E-state index contributed by atoms with van der Waals surface area (Å²) in [7, 11) is 2.19. The normalized spacial score (nSPS) is 19.1. The molecular formula is C15H25N3O. The lowest BCUT2D eigenvalue weighted by molar-refractivity contribution is 0.150. The van der Waals surface area contributed by atoms with Crippen molar-refractivity contribution in [1.29, 1.82) is 0 Å². The van der Waals surface area contributed by atoms with Crippen LogP contribution < -0.4 is 10.1 Å². The molecule has 4 nitrogen and oxygen atoms in total. The average molecular weight is 263 g/mol. The number of aromatic nitrogens is 1. The van der Waals surface area contributed by atoms with Gasteiger partial charge in [0, 0.05) is 12.6 Å². The third kappa shape index (κ3) is 4.10. The van der Waals surface area contributed by atoms with Gasteiger partial charge in [-0.1, -0.05) is 13.0 Å². The number of hydrogen-bond acceptors (Lipinski definition) is 4. The van der Waals surface area contributed by atoms with Gasteiger partial charge in [-0.3, -0.25) is 0 Å². The Hall–Kier alpha value is -1.29. The fourth-order valence-electron chi connectivity index (χ4n) is 2.38. The first-order valence-electron chi connectivity index (χ1n) is 7.14. The van der Waals surface area contributed by atoms with E-state index in [1.54, 1.807) is 0 Å². The first-order chi connectivity index (χ1) is 9.11. The summed E-state index contributed by atoms with van der Waals surface area (Å²) >= 11 is 0. The van der Waals surface area contributed by atoms with E-state index in [1.807, 2.05) is 25.1 Å². The lowest BCUT2D eigenvalue weighted by Gasteiger charge is -2.38. The number of ether oxygens (including phenoxy) is 1. The van der Waals surface area contributed by atoms with Crippen LogP contribution in [0.4, 0.5) is 5.82 Å². The molecule has 19 heavy (non-hydrogen) atoms. The van der Waals surface area contributed by atoms with Gasteiger partial charge in [0.25, 0.3) is 0 Å². The number of hydrogen-bond donors (Lipinski definition) is 1. The highest BCUT2D eigenvalue weighted by Crippen LogP contribution is 2.30. The van der Waals surface area contributed by atoms with Crippen LogP contribution in [0.2, 0.25) is 0 Å². The van der Waals surface area contributed by atoms with Crippen molar-refractivity contribution < 1.29 is 4.74 Å². The molecule has 1 aromatic rings. The summed E-state index contributed by atoms with van der Waals surface area (Å²) in [6, 6.07) is 5.88. The predicted molar refractivity (Wildman–Crippen MR) is 78.7 cm³/mol. The number of anilines is 1. The van der Waals surface area contributed by atoms with Crippen LogP contribution in [-0.4, -0.2) is 43.2 Å². The minimum absolute atomic E-state index is 0.371. The van der Waals surface area contributed by atoms with Gasteiger partial charge in [0.15, 0.2) is 0 Å². The SMILES string of the molecule is CCOc1cccc(NCC2(C)CCN(C)CC2)n1. The molecule has 0 atom stereocenters. The molecule has 1 aliphatic rings. The van der Waals surface area contributed by atoms with Crippen molar-refractivity contribution in [1.82, 2.24) is 9.88 Å². The van der Waals surface area contributed by atoms with E-state index in [4.69, 9.17) is 4.74 Å². The minimum Gasteiger partial charge on any atom is -0.478 e. The van der Waals surface area contributed by atoms with E-state index in [0.717, 1.165) is 12.4 Å². The Kier molecular flexibility index (Phi) is 4.64. The van der Waals surface area contributed by atoms with Gasteiger partial charge >= 0.3 is 0 Å². The van der Waals surface area contributed by atoms with Gasteiger partial charge < -0.3 is 15.0 Å². The van der Waals surface area contributed by atoms with Crippen molar-refractivity contribution >= 4 is 5.82 Å². The lowest BCUT2D eigenvalue weighted by atomic mass is 9.80. The molecular weight excluding hydrogens is 238 g/mol. The zero-order valence-corrected chi connectivity index (χ0v) is 12.3. The first-order valence-corrected chi connectivity index (χ1v) is 7.14. The Morgan fingerprint density at radius 3 is 2.79 bits per heavy atom. The molecule has 1 aliphatic heterocycles. The minimum atomic E-state index is 0.371. The quantitative estimate of drug-likeness (QED) is 0.886. The van der Waals surface area contributed by atoms with Crippen LogP contribution in [0.15, 0.2) is 18.2 Å². The number of likely N-dealkylation sites (tertiary alicyclic amines) is 1. The molecule has 0 saturated carbocycles. The van der Waals surface area contributed by atoms with Crippen LogP contribution in [0.1, 0.15) is 26.7 Å². The molecule has 0 spiro atoms. The third-order valence-electron chi connectivity index (χ3n) is 3.91. The van der Waals surface area contributed by atoms with Crippen molar-refractivity contribution in [2.75, 3.05) is 38.6 Å². The molecule has 106 valence electrons. The Morgan fingerprint density at radius 1 is 1.37 bits per heavy atom. The summed E-state index contributed by atoms with van der Waals surface area (Å²) in [5, 5.41) is 3.46.